The number of likely N-dealkylation sites (N-methyl/N-ethyl adjacent to an activating group) is 1. The number of hydrogen-bond donors (Lipinski definition) is 1. The lowest BCUT2D eigenvalue weighted by molar-refractivity contribution is -0.132. The first-order chi connectivity index (χ1) is 9.79. The van der Waals surface area contributed by atoms with Crippen molar-refractivity contribution in [2.75, 3.05) is 26.7 Å². The van der Waals surface area contributed by atoms with Gasteiger partial charge in [0.05, 0.1) is 18.8 Å². The Kier molecular flexibility index (Phi) is 3.93. The molecule has 1 atom stereocenters. The number of nitrogens with zero attached hydrogens (tertiary/aromatic N) is 3. The molecule has 2 aliphatic rings. The van der Waals surface area contributed by atoms with Gasteiger partial charge in [0.2, 0.25) is 5.91 Å². The van der Waals surface area contributed by atoms with Crippen molar-refractivity contribution >= 4 is 17.2 Å². The minimum atomic E-state index is -0.228. The SMILES string of the molecule is CNC1C(=O)N(CC2=CCCN=N2)CCc2ccsc21. The van der Waals surface area contributed by atoms with Crippen LogP contribution in [0.5, 0.6) is 0 Å². The lowest BCUT2D eigenvalue weighted by atomic mass is 10.1. The number of azo groups is 1. The molecule has 20 heavy (non-hydrogen) atoms. The van der Waals surface area contributed by atoms with Crippen molar-refractivity contribution in [3.63, 3.8) is 0 Å². The van der Waals surface area contributed by atoms with E-state index in [4.69, 9.17) is 0 Å². The van der Waals surface area contributed by atoms with Crippen LogP contribution in [0.3, 0.4) is 0 Å². The fourth-order valence-electron chi connectivity index (χ4n) is 2.64. The zero-order valence-corrected chi connectivity index (χ0v) is 12.3. The number of nitrogens with one attached hydrogen (secondary N) is 1. The Hall–Kier alpha value is -1.53. The Morgan fingerprint density at radius 1 is 1.55 bits per heavy atom. The highest BCUT2D eigenvalue weighted by atomic mass is 32.1. The predicted octanol–water partition coefficient (Wildman–Crippen LogP) is 2.13. The molecule has 2 aliphatic heterocycles. The van der Waals surface area contributed by atoms with Crippen LogP contribution in [0.25, 0.3) is 0 Å². The predicted molar refractivity (Wildman–Crippen MR) is 78.8 cm³/mol. The van der Waals surface area contributed by atoms with Gasteiger partial charge in [0.15, 0.2) is 0 Å². The summed E-state index contributed by atoms with van der Waals surface area (Å²) in [4.78, 5) is 15.7. The van der Waals surface area contributed by atoms with Crippen LogP contribution < -0.4 is 5.32 Å². The summed E-state index contributed by atoms with van der Waals surface area (Å²) < 4.78 is 0. The zero-order chi connectivity index (χ0) is 13.9. The largest absolute Gasteiger partial charge is 0.335 e. The van der Waals surface area contributed by atoms with Crippen LogP contribution in [0.1, 0.15) is 22.9 Å². The van der Waals surface area contributed by atoms with Gasteiger partial charge >= 0.3 is 0 Å². The molecule has 1 aromatic heterocycles. The summed E-state index contributed by atoms with van der Waals surface area (Å²) in [5, 5.41) is 13.4. The monoisotopic (exact) mass is 290 g/mol. The highest BCUT2D eigenvalue weighted by Crippen LogP contribution is 2.29. The van der Waals surface area contributed by atoms with Gasteiger partial charge in [-0.15, -0.1) is 11.3 Å². The molecule has 0 spiro atoms. The van der Waals surface area contributed by atoms with Gasteiger partial charge in [-0.2, -0.15) is 10.2 Å². The number of thiophene rings is 1. The molecule has 3 heterocycles. The Morgan fingerprint density at radius 2 is 2.45 bits per heavy atom. The number of carbonyl (C=O) groups excluding carboxylic acids is 1. The molecular formula is C14H18N4OS. The molecule has 0 fully saturated rings. The van der Waals surface area contributed by atoms with Crippen molar-refractivity contribution in [2.45, 2.75) is 18.9 Å². The number of rotatable bonds is 3. The van der Waals surface area contributed by atoms with Gasteiger partial charge < -0.3 is 10.2 Å². The van der Waals surface area contributed by atoms with Crippen LogP contribution in [0.4, 0.5) is 0 Å². The molecule has 1 amide bonds. The van der Waals surface area contributed by atoms with Crippen LogP contribution in [-0.4, -0.2) is 37.5 Å². The average molecular weight is 290 g/mol. The van der Waals surface area contributed by atoms with Crippen molar-refractivity contribution in [3.05, 3.63) is 33.7 Å². The molecule has 0 aromatic carbocycles. The van der Waals surface area contributed by atoms with E-state index in [1.807, 2.05) is 11.9 Å². The van der Waals surface area contributed by atoms with Gasteiger partial charge in [-0.05, 0) is 36.9 Å². The fraction of sp³-hybridized carbons (Fsp3) is 0.500. The molecule has 106 valence electrons. The van der Waals surface area contributed by atoms with Crippen LogP contribution >= 0.6 is 11.3 Å². The smallest absolute Gasteiger partial charge is 0.245 e. The van der Waals surface area contributed by atoms with Gasteiger partial charge in [-0.3, -0.25) is 4.79 Å². The Morgan fingerprint density at radius 3 is 3.20 bits per heavy atom. The molecule has 6 heteroatoms. The third kappa shape index (κ3) is 2.53. The Balaban J connectivity index is 1.80. The minimum Gasteiger partial charge on any atom is -0.335 e. The Labute approximate surface area is 122 Å². The topological polar surface area (TPSA) is 57.1 Å². The second-order valence-electron chi connectivity index (χ2n) is 4.99. The van der Waals surface area contributed by atoms with Crippen LogP contribution in [0.15, 0.2) is 33.4 Å². The van der Waals surface area contributed by atoms with E-state index in [0.29, 0.717) is 6.54 Å². The first kappa shape index (κ1) is 13.5. The highest BCUT2D eigenvalue weighted by Gasteiger charge is 2.31. The molecule has 3 rings (SSSR count). The third-order valence-corrected chi connectivity index (χ3v) is 4.73. The standard InChI is InChI=1S/C14H18N4OS/c1-15-12-13-10(5-8-20-13)4-7-18(14(12)19)9-11-3-2-6-16-17-11/h3,5,8,12,15H,2,4,6-7,9H2,1H3. The lowest BCUT2D eigenvalue weighted by Crippen LogP contribution is -2.39. The van der Waals surface area contributed by atoms with E-state index >= 15 is 0 Å². The van der Waals surface area contributed by atoms with Gasteiger partial charge in [-0.25, -0.2) is 0 Å². The van der Waals surface area contributed by atoms with Crippen LogP contribution in [-0.2, 0) is 11.2 Å². The average Bonchev–Trinajstić information content (AvgIpc) is 2.89. The molecule has 1 aromatic rings. The Bertz CT molecular complexity index is 563. The number of amides is 1. The number of fused-ring (bicyclic) bond motifs is 1. The normalized spacial score (nSPS) is 22.4. The molecule has 0 aliphatic carbocycles. The van der Waals surface area contributed by atoms with Crippen molar-refractivity contribution in [1.82, 2.24) is 10.2 Å². The van der Waals surface area contributed by atoms with Crippen molar-refractivity contribution in [2.24, 2.45) is 10.2 Å². The fourth-order valence-corrected chi connectivity index (χ4v) is 3.70. The second kappa shape index (κ2) is 5.85. The molecule has 0 saturated carbocycles. The molecule has 0 radical (unpaired) electrons. The minimum absolute atomic E-state index is 0.135. The first-order valence-electron chi connectivity index (χ1n) is 6.88. The number of carbonyl (C=O) groups is 1. The van der Waals surface area contributed by atoms with Gasteiger partial charge in [0.25, 0.3) is 0 Å². The summed E-state index contributed by atoms with van der Waals surface area (Å²) in [5.74, 6) is 0.135. The molecular weight excluding hydrogens is 272 g/mol. The van der Waals surface area contributed by atoms with Crippen LogP contribution in [0.2, 0.25) is 0 Å². The summed E-state index contributed by atoms with van der Waals surface area (Å²) in [6.45, 7) is 2.07. The van der Waals surface area contributed by atoms with E-state index in [1.165, 1.54) is 5.56 Å². The van der Waals surface area contributed by atoms with E-state index in [-0.39, 0.29) is 11.9 Å². The molecule has 1 unspecified atom stereocenters. The summed E-state index contributed by atoms with van der Waals surface area (Å²) in [6.07, 6.45) is 3.91. The van der Waals surface area contributed by atoms with Gasteiger partial charge in [0, 0.05) is 11.4 Å². The summed E-state index contributed by atoms with van der Waals surface area (Å²) in [6, 6.07) is 1.90. The quantitative estimate of drug-likeness (QED) is 0.927. The second-order valence-corrected chi connectivity index (χ2v) is 5.94. The van der Waals surface area contributed by atoms with Crippen molar-refractivity contribution in [1.29, 1.82) is 0 Å². The molecule has 0 bridgehead atoms. The van der Waals surface area contributed by atoms with E-state index < -0.39 is 0 Å². The maximum absolute atomic E-state index is 12.7. The summed E-state index contributed by atoms with van der Waals surface area (Å²) in [5.41, 5.74) is 2.19. The summed E-state index contributed by atoms with van der Waals surface area (Å²) in [7, 11) is 1.84. The van der Waals surface area contributed by atoms with E-state index in [2.05, 4.69) is 33.1 Å². The van der Waals surface area contributed by atoms with E-state index in [0.717, 1.165) is 36.5 Å². The molecule has 1 N–H and O–H groups in total. The molecule has 5 nitrogen and oxygen atoms in total. The maximum atomic E-state index is 12.7. The number of hydrogen-bond acceptors (Lipinski definition) is 5. The third-order valence-electron chi connectivity index (χ3n) is 3.70. The first-order valence-corrected chi connectivity index (χ1v) is 7.76. The van der Waals surface area contributed by atoms with E-state index in [9.17, 15) is 4.79 Å². The van der Waals surface area contributed by atoms with Crippen molar-refractivity contribution < 1.29 is 4.79 Å². The lowest BCUT2D eigenvalue weighted by Gasteiger charge is -2.24. The van der Waals surface area contributed by atoms with E-state index in [1.54, 1.807) is 11.3 Å². The molecule has 0 saturated heterocycles. The van der Waals surface area contributed by atoms with Crippen molar-refractivity contribution in [3.8, 4) is 0 Å². The van der Waals surface area contributed by atoms with Crippen LogP contribution in [0, 0.1) is 0 Å². The zero-order valence-electron chi connectivity index (χ0n) is 11.5. The van der Waals surface area contributed by atoms with Gasteiger partial charge in [0.1, 0.15) is 6.04 Å². The van der Waals surface area contributed by atoms with Gasteiger partial charge in [-0.1, -0.05) is 6.08 Å². The summed E-state index contributed by atoms with van der Waals surface area (Å²) >= 11 is 1.66. The maximum Gasteiger partial charge on any atom is 0.245 e. The highest BCUT2D eigenvalue weighted by molar-refractivity contribution is 7.10.